The van der Waals surface area contributed by atoms with E-state index in [1.165, 1.54) is 12.8 Å². The van der Waals surface area contributed by atoms with E-state index in [2.05, 4.69) is 20.9 Å². The van der Waals surface area contributed by atoms with Crippen molar-refractivity contribution in [2.24, 2.45) is 5.73 Å². The molecular weight excluding hydrogens is 294 g/mol. The molecule has 1 aliphatic rings. The molecule has 0 aromatic carbocycles. The number of pyridine rings is 1. The number of hydrogen-bond donors (Lipinski definition) is 1. The van der Waals surface area contributed by atoms with Gasteiger partial charge in [-0.05, 0) is 47.3 Å². The molecule has 5 heteroatoms. The summed E-state index contributed by atoms with van der Waals surface area (Å²) in [6.45, 7) is 2.26. The fraction of sp³-hybridized carbons (Fsp3) is 0.538. The molecule has 1 amide bonds. The highest BCUT2D eigenvalue weighted by Gasteiger charge is 2.26. The lowest BCUT2D eigenvalue weighted by molar-refractivity contribution is -0.116. The van der Waals surface area contributed by atoms with Gasteiger partial charge in [-0.1, -0.05) is 12.8 Å². The van der Waals surface area contributed by atoms with Gasteiger partial charge in [-0.2, -0.15) is 0 Å². The molecule has 0 unspecified atom stereocenters. The number of anilines is 1. The van der Waals surface area contributed by atoms with Gasteiger partial charge in [-0.3, -0.25) is 4.79 Å². The molecule has 1 aromatic heterocycles. The number of nitrogens with two attached hydrogens (primary N) is 1. The predicted molar refractivity (Wildman–Crippen MR) is 75.5 cm³/mol. The van der Waals surface area contributed by atoms with Crippen LogP contribution in [0.15, 0.2) is 16.7 Å². The smallest absolute Gasteiger partial charge is 0.237 e. The molecule has 0 spiro atoms. The van der Waals surface area contributed by atoms with Crippen LogP contribution in [0.4, 0.5) is 5.82 Å². The van der Waals surface area contributed by atoms with Crippen molar-refractivity contribution in [3.05, 3.63) is 22.3 Å². The molecule has 1 fully saturated rings. The summed E-state index contributed by atoms with van der Waals surface area (Å²) in [6.07, 6.45) is 6.41. The summed E-state index contributed by atoms with van der Waals surface area (Å²) in [5.74, 6) is 0.526. The van der Waals surface area contributed by atoms with Gasteiger partial charge in [-0.15, -0.1) is 0 Å². The number of aromatic nitrogens is 1. The zero-order valence-electron chi connectivity index (χ0n) is 10.5. The number of primary amides is 1. The molecule has 2 N–H and O–H groups in total. The minimum atomic E-state index is -0.308. The quantitative estimate of drug-likeness (QED) is 0.928. The predicted octanol–water partition coefficient (Wildman–Crippen LogP) is 2.39. The van der Waals surface area contributed by atoms with Crippen LogP contribution in [0.3, 0.4) is 0 Å². The fourth-order valence-corrected chi connectivity index (χ4v) is 2.95. The molecule has 1 heterocycles. The maximum atomic E-state index is 11.3. The van der Waals surface area contributed by atoms with E-state index in [0.29, 0.717) is 6.04 Å². The SMILES string of the molecule is Cc1ccnc(N(CC(N)=O)C2CCCC2)c1Br. The van der Waals surface area contributed by atoms with Gasteiger partial charge in [0.1, 0.15) is 5.82 Å². The normalized spacial score (nSPS) is 15.9. The Morgan fingerprint density at radius 3 is 2.83 bits per heavy atom. The Balaban J connectivity index is 2.32. The first-order chi connectivity index (χ1) is 8.59. The Morgan fingerprint density at radius 1 is 1.56 bits per heavy atom. The van der Waals surface area contributed by atoms with Gasteiger partial charge in [0.25, 0.3) is 0 Å². The molecule has 4 nitrogen and oxygen atoms in total. The summed E-state index contributed by atoms with van der Waals surface area (Å²) < 4.78 is 0.957. The van der Waals surface area contributed by atoms with Gasteiger partial charge in [0, 0.05) is 12.2 Å². The summed E-state index contributed by atoms with van der Waals surface area (Å²) in [7, 11) is 0. The second-order valence-electron chi connectivity index (χ2n) is 4.80. The van der Waals surface area contributed by atoms with Gasteiger partial charge in [0.2, 0.25) is 5.91 Å². The van der Waals surface area contributed by atoms with E-state index >= 15 is 0 Å². The highest BCUT2D eigenvalue weighted by atomic mass is 79.9. The standard InChI is InChI=1S/C13H18BrN3O/c1-9-6-7-16-13(12(9)14)17(8-11(15)18)10-4-2-3-5-10/h6-7,10H,2-5,8H2,1H3,(H2,15,18). The van der Waals surface area contributed by atoms with E-state index in [4.69, 9.17) is 5.73 Å². The van der Waals surface area contributed by atoms with Crippen LogP contribution in [0.2, 0.25) is 0 Å². The zero-order valence-corrected chi connectivity index (χ0v) is 12.1. The lowest BCUT2D eigenvalue weighted by Crippen LogP contribution is -2.41. The lowest BCUT2D eigenvalue weighted by Gasteiger charge is -2.30. The number of amides is 1. The second kappa shape index (κ2) is 5.69. The number of halogens is 1. The Bertz CT molecular complexity index is 444. The van der Waals surface area contributed by atoms with Crippen LogP contribution in [0.25, 0.3) is 0 Å². The molecule has 18 heavy (non-hydrogen) atoms. The lowest BCUT2D eigenvalue weighted by atomic mass is 10.2. The molecule has 1 aromatic rings. The molecule has 1 saturated carbocycles. The number of nitrogens with zero attached hydrogens (tertiary/aromatic N) is 2. The first kappa shape index (κ1) is 13.3. The summed E-state index contributed by atoms with van der Waals surface area (Å²) in [6, 6.07) is 2.33. The molecule has 0 atom stereocenters. The van der Waals surface area contributed by atoms with Crippen LogP contribution in [-0.2, 0) is 4.79 Å². The highest BCUT2D eigenvalue weighted by Crippen LogP contribution is 2.32. The van der Waals surface area contributed by atoms with E-state index in [9.17, 15) is 4.79 Å². The van der Waals surface area contributed by atoms with Crippen molar-refractivity contribution in [1.82, 2.24) is 4.98 Å². The van der Waals surface area contributed by atoms with Crippen molar-refractivity contribution in [3.63, 3.8) is 0 Å². The molecule has 0 saturated heterocycles. The number of aryl methyl sites for hydroxylation is 1. The van der Waals surface area contributed by atoms with E-state index in [-0.39, 0.29) is 12.5 Å². The van der Waals surface area contributed by atoms with Crippen LogP contribution >= 0.6 is 15.9 Å². The second-order valence-corrected chi connectivity index (χ2v) is 5.59. The van der Waals surface area contributed by atoms with Crippen molar-refractivity contribution in [2.45, 2.75) is 38.6 Å². The number of rotatable bonds is 4. The topological polar surface area (TPSA) is 59.2 Å². The molecule has 98 valence electrons. The number of hydrogen-bond acceptors (Lipinski definition) is 3. The van der Waals surface area contributed by atoms with Crippen LogP contribution < -0.4 is 10.6 Å². The van der Waals surface area contributed by atoms with Crippen LogP contribution in [-0.4, -0.2) is 23.5 Å². The number of carbonyl (C=O) groups is 1. The maximum Gasteiger partial charge on any atom is 0.237 e. The van der Waals surface area contributed by atoms with E-state index in [1.54, 1.807) is 6.20 Å². The molecule has 2 rings (SSSR count). The first-order valence-corrected chi connectivity index (χ1v) is 7.05. The average Bonchev–Trinajstić information content (AvgIpc) is 2.83. The third-order valence-electron chi connectivity index (χ3n) is 3.43. The van der Waals surface area contributed by atoms with Gasteiger partial charge in [0.05, 0.1) is 11.0 Å². The van der Waals surface area contributed by atoms with Crippen molar-refractivity contribution in [2.75, 3.05) is 11.4 Å². The van der Waals surface area contributed by atoms with E-state index in [1.807, 2.05) is 17.9 Å². The Kier molecular flexibility index (Phi) is 4.22. The third-order valence-corrected chi connectivity index (χ3v) is 4.41. The summed E-state index contributed by atoms with van der Waals surface area (Å²) in [5.41, 5.74) is 6.48. The van der Waals surface area contributed by atoms with Crippen LogP contribution in [0.1, 0.15) is 31.2 Å². The van der Waals surface area contributed by atoms with Gasteiger partial charge in [0.15, 0.2) is 0 Å². The number of carbonyl (C=O) groups excluding carboxylic acids is 1. The molecule has 0 radical (unpaired) electrons. The molecule has 0 aliphatic heterocycles. The Hall–Kier alpha value is -1.10. The molecular formula is C13H18BrN3O. The Labute approximate surface area is 116 Å². The monoisotopic (exact) mass is 311 g/mol. The maximum absolute atomic E-state index is 11.3. The van der Waals surface area contributed by atoms with Crippen LogP contribution in [0, 0.1) is 6.92 Å². The van der Waals surface area contributed by atoms with E-state index < -0.39 is 0 Å². The van der Waals surface area contributed by atoms with Gasteiger partial charge >= 0.3 is 0 Å². The molecule has 0 bridgehead atoms. The van der Waals surface area contributed by atoms with Crippen molar-refractivity contribution in [3.8, 4) is 0 Å². The summed E-state index contributed by atoms with van der Waals surface area (Å²) in [4.78, 5) is 17.7. The van der Waals surface area contributed by atoms with Crippen molar-refractivity contribution in [1.29, 1.82) is 0 Å². The van der Waals surface area contributed by atoms with E-state index in [0.717, 1.165) is 28.7 Å². The van der Waals surface area contributed by atoms with Crippen molar-refractivity contribution < 1.29 is 4.79 Å². The summed E-state index contributed by atoms with van der Waals surface area (Å²) >= 11 is 3.56. The highest BCUT2D eigenvalue weighted by molar-refractivity contribution is 9.10. The van der Waals surface area contributed by atoms with Crippen LogP contribution in [0.5, 0.6) is 0 Å². The molecule has 1 aliphatic carbocycles. The van der Waals surface area contributed by atoms with Gasteiger partial charge < -0.3 is 10.6 Å². The fourth-order valence-electron chi connectivity index (χ4n) is 2.49. The zero-order chi connectivity index (χ0) is 13.1. The third kappa shape index (κ3) is 2.83. The minimum Gasteiger partial charge on any atom is -0.368 e. The first-order valence-electron chi connectivity index (χ1n) is 6.25. The van der Waals surface area contributed by atoms with Gasteiger partial charge in [-0.25, -0.2) is 4.98 Å². The summed E-state index contributed by atoms with van der Waals surface area (Å²) in [5, 5.41) is 0. The minimum absolute atomic E-state index is 0.236. The largest absolute Gasteiger partial charge is 0.368 e. The average molecular weight is 312 g/mol. The Morgan fingerprint density at radius 2 is 2.22 bits per heavy atom. The van der Waals surface area contributed by atoms with Crippen molar-refractivity contribution >= 4 is 27.7 Å².